The molecule has 1 aromatic carbocycles. The van der Waals surface area contributed by atoms with E-state index >= 15 is 0 Å². The monoisotopic (exact) mass is 560 g/mol. The van der Waals surface area contributed by atoms with E-state index in [0.29, 0.717) is 56.3 Å². The molecule has 0 spiro atoms. The number of carbonyl (C=O) groups excluding carboxylic acids is 3. The molecule has 2 aromatic heterocycles. The third kappa shape index (κ3) is 4.49. The molecule has 10 heteroatoms. The predicted molar refractivity (Wildman–Crippen MR) is 158 cm³/mol. The maximum atomic E-state index is 14.1. The van der Waals surface area contributed by atoms with Crippen LogP contribution in [0.3, 0.4) is 0 Å². The van der Waals surface area contributed by atoms with Gasteiger partial charge in [0.25, 0.3) is 5.91 Å². The first kappa shape index (κ1) is 27.9. The summed E-state index contributed by atoms with van der Waals surface area (Å²) in [7, 11) is 0. The number of aromatic nitrogens is 1. The van der Waals surface area contributed by atoms with Crippen molar-refractivity contribution in [2.24, 2.45) is 17.4 Å². The zero-order chi connectivity index (χ0) is 28.9. The van der Waals surface area contributed by atoms with E-state index in [1.54, 1.807) is 23.2 Å². The molecule has 1 fully saturated rings. The molecule has 210 valence electrons. The number of benzene rings is 1. The van der Waals surface area contributed by atoms with Crippen molar-refractivity contribution in [3.05, 3.63) is 69.9 Å². The Balaban J connectivity index is 1.58. The topological polar surface area (TPSA) is 157 Å². The third-order valence-corrected chi connectivity index (χ3v) is 9.23. The van der Waals surface area contributed by atoms with E-state index in [-0.39, 0.29) is 17.9 Å². The first-order chi connectivity index (χ1) is 19.0. The number of hydrogen-bond acceptors (Lipinski definition) is 8. The Bertz CT molecular complexity index is 1550. The number of amides is 2. The van der Waals surface area contributed by atoms with Crippen LogP contribution in [0.15, 0.2) is 37.1 Å². The number of piperidine rings is 1. The van der Waals surface area contributed by atoms with Crippen molar-refractivity contribution >= 4 is 44.7 Å². The van der Waals surface area contributed by atoms with Crippen molar-refractivity contribution in [2.75, 3.05) is 18.8 Å². The number of nitrogens with two attached hydrogens (primary N) is 3. The SMILES string of the molecule is C=CC(=O)N1CCCC(NC(=O)c2sc3c(N)ccc4c3c2C(N)C(=O)C4(N)c2cnc(CC(C)C)cc2C)C1. The van der Waals surface area contributed by atoms with Crippen LogP contribution >= 0.6 is 11.3 Å². The third-order valence-electron chi connectivity index (χ3n) is 7.97. The average Bonchev–Trinajstić information content (AvgIpc) is 3.33. The van der Waals surface area contributed by atoms with Gasteiger partial charge in [-0.25, -0.2) is 0 Å². The molecule has 0 radical (unpaired) electrons. The number of rotatable bonds is 6. The van der Waals surface area contributed by atoms with Crippen molar-refractivity contribution in [1.82, 2.24) is 15.2 Å². The maximum Gasteiger partial charge on any atom is 0.262 e. The zero-order valence-electron chi connectivity index (χ0n) is 23.1. The van der Waals surface area contributed by atoms with E-state index in [9.17, 15) is 14.4 Å². The second-order valence-electron chi connectivity index (χ2n) is 11.3. The van der Waals surface area contributed by atoms with Crippen LogP contribution in [0.4, 0.5) is 5.69 Å². The van der Waals surface area contributed by atoms with Crippen molar-refractivity contribution in [3.8, 4) is 0 Å². The maximum absolute atomic E-state index is 14.1. The molecular formula is C30H36N6O3S. The second-order valence-corrected chi connectivity index (χ2v) is 12.3. The number of pyridine rings is 1. The first-order valence-corrected chi connectivity index (χ1v) is 14.4. The van der Waals surface area contributed by atoms with Crippen LogP contribution in [0.1, 0.15) is 70.4 Å². The summed E-state index contributed by atoms with van der Waals surface area (Å²) >= 11 is 1.22. The zero-order valence-corrected chi connectivity index (χ0v) is 23.9. The number of aryl methyl sites for hydroxylation is 1. The lowest BCUT2D eigenvalue weighted by atomic mass is 9.70. The number of nitrogen functional groups attached to an aromatic ring is 1. The van der Waals surface area contributed by atoms with E-state index in [0.717, 1.165) is 30.5 Å². The Hall–Kier alpha value is -3.60. The number of carbonyl (C=O) groups is 3. The van der Waals surface area contributed by atoms with Crippen molar-refractivity contribution < 1.29 is 14.4 Å². The van der Waals surface area contributed by atoms with Crippen LogP contribution in [0.25, 0.3) is 10.1 Å². The lowest BCUT2D eigenvalue weighted by Gasteiger charge is -2.37. The van der Waals surface area contributed by atoms with Gasteiger partial charge in [0.15, 0.2) is 5.78 Å². The minimum absolute atomic E-state index is 0.165. The van der Waals surface area contributed by atoms with Gasteiger partial charge in [0, 0.05) is 53.2 Å². The molecule has 3 heterocycles. The van der Waals surface area contributed by atoms with Gasteiger partial charge in [0.05, 0.1) is 15.6 Å². The summed E-state index contributed by atoms with van der Waals surface area (Å²) in [5, 5.41) is 3.71. The standard InChI is InChI=1S/C30H36N6O3S/c1-5-22(37)36-10-6-7-17(14-36)35-29(39)27-24-23-19(8-9-21(31)26(23)40-27)30(33,28(38)25(24)32)20-13-34-18(11-15(2)3)12-16(20)4/h5,8-9,12-13,15,17,25H,1,6-7,10-11,14,31-33H2,2-4H3,(H,35,39). The molecule has 1 aliphatic heterocycles. The van der Waals surface area contributed by atoms with Crippen LogP contribution in [0.5, 0.6) is 0 Å². The van der Waals surface area contributed by atoms with E-state index in [2.05, 4.69) is 30.7 Å². The predicted octanol–water partition coefficient (Wildman–Crippen LogP) is 3.08. The number of thiophene rings is 1. The lowest BCUT2D eigenvalue weighted by molar-refractivity contribution is -0.127. The Labute approximate surface area is 237 Å². The summed E-state index contributed by atoms with van der Waals surface area (Å²) in [6, 6.07) is 4.10. The Morgan fingerprint density at radius 1 is 1.32 bits per heavy atom. The molecule has 3 aromatic rings. The molecule has 0 bridgehead atoms. The number of likely N-dealkylation sites (tertiary alicyclic amines) is 1. The lowest BCUT2D eigenvalue weighted by Crippen LogP contribution is -2.53. The van der Waals surface area contributed by atoms with Gasteiger partial charge < -0.3 is 27.4 Å². The minimum atomic E-state index is -1.55. The summed E-state index contributed by atoms with van der Waals surface area (Å²) in [6.07, 6.45) is 5.27. The molecule has 9 nitrogen and oxygen atoms in total. The quantitative estimate of drug-likeness (QED) is 0.266. The van der Waals surface area contributed by atoms with Gasteiger partial charge >= 0.3 is 0 Å². The van der Waals surface area contributed by atoms with Crippen LogP contribution in [-0.4, -0.2) is 46.6 Å². The Morgan fingerprint density at radius 3 is 2.75 bits per heavy atom. The van der Waals surface area contributed by atoms with Gasteiger partial charge in [0.1, 0.15) is 5.54 Å². The number of Topliss-reactive ketones (excluding diaryl/α,β-unsaturated/α-hetero) is 1. The number of ketones is 1. The van der Waals surface area contributed by atoms with E-state index in [4.69, 9.17) is 17.2 Å². The van der Waals surface area contributed by atoms with Gasteiger partial charge in [-0.2, -0.15) is 0 Å². The molecule has 7 N–H and O–H groups in total. The van der Waals surface area contributed by atoms with E-state index < -0.39 is 17.4 Å². The van der Waals surface area contributed by atoms with Gasteiger partial charge in [-0.05, 0) is 61.4 Å². The van der Waals surface area contributed by atoms with Crippen molar-refractivity contribution in [1.29, 1.82) is 0 Å². The van der Waals surface area contributed by atoms with Crippen LogP contribution in [0, 0.1) is 12.8 Å². The van der Waals surface area contributed by atoms with Gasteiger partial charge in [-0.1, -0.05) is 26.5 Å². The summed E-state index contributed by atoms with van der Waals surface area (Å²) in [5.74, 6) is -0.478. The highest BCUT2D eigenvalue weighted by Crippen LogP contribution is 2.49. The molecule has 1 saturated heterocycles. The van der Waals surface area contributed by atoms with Gasteiger partial charge in [-0.3, -0.25) is 19.4 Å². The smallest absolute Gasteiger partial charge is 0.262 e. The second kappa shape index (κ2) is 10.4. The molecule has 3 unspecified atom stereocenters. The van der Waals surface area contributed by atoms with E-state index in [1.807, 2.05) is 13.0 Å². The molecule has 2 amide bonds. The molecule has 1 aliphatic carbocycles. The Kier molecular flexibility index (Phi) is 7.28. The number of nitrogens with one attached hydrogen (secondary N) is 1. The Morgan fingerprint density at radius 2 is 2.08 bits per heavy atom. The highest BCUT2D eigenvalue weighted by Gasteiger charge is 2.49. The fraction of sp³-hybridized carbons (Fsp3) is 0.400. The average molecular weight is 561 g/mol. The summed E-state index contributed by atoms with van der Waals surface area (Å²) < 4.78 is 0.671. The largest absolute Gasteiger partial charge is 0.398 e. The number of nitrogens with zero attached hydrogens (tertiary/aromatic N) is 2. The number of anilines is 1. The van der Waals surface area contributed by atoms with Crippen molar-refractivity contribution in [3.63, 3.8) is 0 Å². The highest BCUT2D eigenvalue weighted by molar-refractivity contribution is 7.21. The highest BCUT2D eigenvalue weighted by atomic mass is 32.1. The summed E-state index contributed by atoms with van der Waals surface area (Å²) in [5.41, 5.74) is 22.4. The molecular weight excluding hydrogens is 524 g/mol. The first-order valence-electron chi connectivity index (χ1n) is 13.6. The van der Waals surface area contributed by atoms with Crippen LogP contribution in [-0.2, 0) is 21.5 Å². The fourth-order valence-corrected chi connectivity index (χ4v) is 7.26. The van der Waals surface area contributed by atoms with Gasteiger partial charge in [0.2, 0.25) is 5.91 Å². The normalized spacial score (nSPS) is 22.6. The van der Waals surface area contributed by atoms with Crippen LogP contribution in [0.2, 0.25) is 0 Å². The molecule has 0 saturated carbocycles. The summed E-state index contributed by atoms with van der Waals surface area (Å²) in [6.45, 7) is 10.7. The molecule has 2 aliphatic rings. The molecule has 5 rings (SSSR count). The van der Waals surface area contributed by atoms with E-state index in [1.165, 1.54) is 17.4 Å². The fourth-order valence-electron chi connectivity index (χ4n) is 6.06. The summed E-state index contributed by atoms with van der Waals surface area (Å²) in [4.78, 5) is 46.5. The molecule has 3 atom stereocenters. The minimum Gasteiger partial charge on any atom is -0.398 e. The van der Waals surface area contributed by atoms with Crippen molar-refractivity contribution in [2.45, 2.75) is 57.7 Å². The molecule has 40 heavy (non-hydrogen) atoms. The van der Waals surface area contributed by atoms with Gasteiger partial charge in [-0.15, -0.1) is 11.3 Å². The van der Waals surface area contributed by atoms with Crippen LogP contribution < -0.4 is 22.5 Å². The number of hydrogen-bond donors (Lipinski definition) is 4.